The van der Waals surface area contributed by atoms with E-state index in [9.17, 15) is 5.11 Å². The van der Waals surface area contributed by atoms with Crippen molar-refractivity contribution in [2.75, 3.05) is 6.61 Å². The maximum atomic E-state index is 9.82. The van der Waals surface area contributed by atoms with Crippen LogP contribution in [0.2, 0.25) is 0 Å². The molecule has 4 atom stereocenters. The van der Waals surface area contributed by atoms with Crippen molar-refractivity contribution in [1.82, 2.24) is 0 Å². The lowest BCUT2D eigenvalue weighted by Crippen LogP contribution is -2.49. The number of fused-ring (bicyclic) bond motifs is 1. The third-order valence-electron chi connectivity index (χ3n) is 3.00. The molecule has 0 amide bonds. The molecule has 1 fully saturated rings. The largest absolute Gasteiger partial charge is 0.493 e. The van der Waals surface area contributed by atoms with E-state index in [0.29, 0.717) is 6.61 Å². The lowest BCUT2D eigenvalue weighted by molar-refractivity contribution is -0.276. The quantitative estimate of drug-likeness (QED) is 0.797. The molecule has 0 aromatic heterocycles. The molecule has 1 aromatic rings. The highest BCUT2D eigenvalue weighted by Gasteiger charge is 2.39. The van der Waals surface area contributed by atoms with Crippen LogP contribution in [-0.2, 0) is 14.2 Å². The molecule has 2 heterocycles. The second-order valence-corrected chi connectivity index (χ2v) is 4.17. The Morgan fingerprint density at radius 1 is 1.18 bits per heavy atom. The number of hydrogen-bond donors (Lipinski definition) is 1. The van der Waals surface area contributed by atoms with Crippen LogP contribution in [0.1, 0.15) is 11.9 Å². The zero-order valence-electron chi connectivity index (χ0n) is 9.23. The SMILES string of the molecule is O[C@H]1C=CO[C@@H]2CO[C@@H](c3ccccc3)O[C@@H]12. The van der Waals surface area contributed by atoms with E-state index < -0.39 is 12.4 Å². The Hall–Kier alpha value is -1.36. The predicted molar refractivity (Wildman–Crippen MR) is 60.0 cm³/mol. The molecule has 90 valence electrons. The third kappa shape index (κ3) is 2.07. The van der Waals surface area contributed by atoms with Gasteiger partial charge in [-0.25, -0.2) is 0 Å². The summed E-state index contributed by atoms with van der Waals surface area (Å²) in [4.78, 5) is 0. The van der Waals surface area contributed by atoms with E-state index >= 15 is 0 Å². The fourth-order valence-corrected chi connectivity index (χ4v) is 2.09. The van der Waals surface area contributed by atoms with Gasteiger partial charge in [-0.05, 0) is 6.08 Å². The normalized spacial score (nSPS) is 36.1. The maximum absolute atomic E-state index is 9.82. The Morgan fingerprint density at radius 3 is 2.82 bits per heavy atom. The second-order valence-electron chi connectivity index (χ2n) is 4.17. The van der Waals surface area contributed by atoms with Gasteiger partial charge in [0.05, 0.1) is 12.9 Å². The Labute approximate surface area is 99.4 Å². The van der Waals surface area contributed by atoms with Crippen molar-refractivity contribution in [2.45, 2.75) is 24.6 Å². The van der Waals surface area contributed by atoms with Crippen molar-refractivity contribution < 1.29 is 19.3 Å². The van der Waals surface area contributed by atoms with Gasteiger partial charge in [0.1, 0.15) is 12.2 Å². The second kappa shape index (κ2) is 4.49. The predicted octanol–water partition coefficient (Wildman–Crippen LogP) is 1.37. The molecular formula is C13H14O4. The molecule has 3 rings (SSSR count). The van der Waals surface area contributed by atoms with Crippen molar-refractivity contribution in [3.63, 3.8) is 0 Å². The molecule has 1 aromatic carbocycles. The molecule has 1 saturated heterocycles. The average Bonchev–Trinajstić information content (AvgIpc) is 2.40. The minimum atomic E-state index is -0.635. The van der Waals surface area contributed by atoms with Gasteiger partial charge in [-0.15, -0.1) is 0 Å². The van der Waals surface area contributed by atoms with Gasteiger partial charge in [0.15, 0.2) is 12.4 Å². The number of aliphatic hydroxyl groups is 1. The van der Waals surface area contributed by atoms with E-state index in [1.54, 1.807) is 6.08 Å². The number of hydrogen-bond acceptors (Lipinski definition) is 4. The first-order valence-corrected chi connectivity index (χ1v) is 5.67. The van der Waals surface area contributed by atoms with Gasteiger partial charge in [0.2, 0.25) is 0 Å². The molecule has 1 N–H and O–H groups in total. The monoisotopic (exact) mass is 234 g/mol. The van der Waals surface area contributed by atoms with Crippen LogP contribution < -0.4 is 0 Å². The van der Waals surface area contributed by atoms with Crippen LogP contribution in [0, 0.1) is 0 Å². The minimum absolute atomic E-state index is 0.227. The summed E-state index contributed by atoms with van der Waals surface area (Å²) in [5, 5.41) is 9.82. The van der Waals surface area contributed by atoms with Crippen molar-refractivity contribution in [3.05, 3.63) is 48.2 Å². The highest BCUT2D eigenvalue weighted by Crippen LogP contribution is 2.30. The summed E-state index contributed by atoms with van der Waals surface area (Å²) in [6, 6.07) is 9.69. The van der Waals surface area contributed by atoms with Crippen molar-refractivity contribution in [1.29, 1.82) is 0 Å². The van der Waals surface area contributed by atoms with Gasteiger partial charge in [-0.3, -0.25) is 0 Å². The first kappa shape index (κ1) is 10.8. The van der Waals surface area contributed by atoms with Gasteiger partial charge < -0.3 is 19.3 Å². The summed E-state index contributed by atoms with van der Waals surface area (Å²) in [7, 11) is 0. The molecule has 2 aliphatic heterocycles. The van der Waals surface area contributed by atoms with Crippen LogP contribution in [0.25, 0.3) is 0 Å². The average molecular weight is 234 g/mol. The molecule has 4 heteroatoms. The van der Waals surface area contributed by atoms with Crippen molar-refractivity contribution in [3.8, 4) is 0 Å². The number of aliphatic hydroxyl groups excluding tert-OH is 1. The Balaban J connectivity index is 1.77. The van der Waals surface area contributed by atoms with Crippen LogP contribution in [0.15, 0.2) is 42.7 Å². The molecule has 2 aliphatic rings. The van der Waals surface area contributed by atoms with Crippen LogP contribution in [0.5, 0.6) is 0 Å². The molecule has 17 heavy (non-hydrogen) atoms. The van der Waals surface area contributed by atoms with Gasteiger partial charge in [0, 0.05) is 5.56 Å². The van der Waals surface area contributed by atoms with E-state index in [0.717, 1.165) is 5.56 Å². The molecule has 0 bridgehead atoms. The topological polar surface area (TPSA) is 47.9 Å². The van der Waals surface area contributed by atoms with Crippen LogP contribution >= 0.6 is 0 Å². The molecule has 0 radical (unpaired) electrons. The third-order valence-corrected chi connectivity index (χ3v) is 3.00. The van der Waals surface area contributed by atoms with Crippen molar-refractivity contribution >= 4 is 0 Å². The summed E-state index contributed by atoms with van der Waals surface area (Å²) in [5.74, 6) is 0. The Morgan fingerprint density at radius 2 is 2.00 bits per heavy atom. The molecule has 4 nitrogen and oxygen atoms in total. The summed E-state index contributed by atoms with van der Waals surface area (Å²) >= 11 is 0. The number of ether oxygens (including phenoxy) is 3. The highest BCUT2D eigenvalue weighted by molar-refractivity contribution is 5.16. The lowest BCUT2D eigenvalue weighted by Gasteiger charge is -2.39. The van der Waals surface area contributed by atoms with Crippen LogP contribution in [0.4, 0.5) is 0 Å². The van der Waals surface area contributed by atoms with Gasteiger partial charge in [-0.2, -0.15) is 0 Å². The fraction of sp³-hybridized carbons (Fsp3) is 0.385. The summed E-state index contributed by atoms with van der Waals surface area (Å²) < 4.78 is 16.7. The smallest absolute Gasteiger partial charge is 0.184 e. The first-order chi connectivity index (χ1) is 8.34. The molecule has 0 unspecified atom stereocenters. The lowest BCUT2D eigenvalue weighted by atomic mass is 10.0. The van der Waals surface area contributed by atoms with E-state index in [1.807, 2.05) is 30.3 Å². The zero-order valence-corrected chi connectivity index (χ0v) is 9.23. The van der Waals surface area contributed by atoms with E-state index in [4.69, 9.17) is 14.2 Å². The van der Waals surface area contributed by atoms with E-state index in [-0.39, 0.29) is 12.2 Å². The number of benzene rings is 1. The van der Waals surface area contributed by atoms with Crippen LogP contribution in [-0.4, -0.2) is 30.0 Å². The fourth-order valence-electron chi connectivity index (χ4n) is 2.09. The van der Waals surface area contributed by atoms with E-state index in [1.165, 1.54) is 6.26 Å². The van der Waals surface area contributed by atoms with E-state index in [2.05, 4.69) is 0 Å². The highest BCUT2D eigenvalue weighted by atomic mass is 16.7. The van der Waals surface area contributed by atoms with Gasteiger partial charge in [0.25, 0.3) is 0 Å². The molecule has 0 spiro atoms. The minimum Gasteiger partial charge on any atom is -0.493 e. The van der Waals surface area contributed by atoms with Gasteiger partial charge >= 0.3 is 0 Å². The summed E-state index contributed by atoms with van der Waals surface area (Å²) in [6.07, 6.45) is 1.44. The van der Waals surface area contributed by atoms with Gasteiger partial charge in [-0.1, -0.05) is 30.3 Å². The summed E-state index contributed by atoms with van der Waals surface area (Å²) in [6.45, 7) is 0.422. The summed E-state index contributed by atoms with van der Waals surface area (Å²) in [5.41, 5.74) is 0.952. The first-order valence-electron chi connectivity index (χ1n) is 5.67. The molecular weight excluding hydrogens is 220 g/mol. The van der Waals surface area contributed by atoms with Crippen molar-refractivity contribution in [2.24, 2.45) is 0 Å². The Kier molecular flexibility index (Phi) is 2.84. The standard InChI is InChI=1S/C13H14O4/c14-10-6-7-15-11-8-16-13(17-12(10)11)9-4-2-1-3-5-9/h1-7,10-14H,8H2/t10-,11+,12-,13+/m0/s1. The molecule has 0 saturated carbocycles. The Bertz CT molecular complexity index is 403. The molecule has 0 aliphatic carbocycles. The maximum Gasteiger partial charge on any atom is 0.184 e. The number of rotatable bonds is 1. The van der Waals surface area contributed by atoms with Crippen LogP contribution in [0.3, 0.4) is 0 Å². The zero-order chi connectivity index (χ0) is 11.7.